The molecule has 6 heteroatoms. The molecule has 0 aliphatic heterocycles. The third-order valence-electron chi connectivity index (χ3n) is 4.29. The molecule has 0 amide bonds. The fourth-order valence-corrected chi connectivity index (χ4v) is 3.89. The molecule has 0 aliphatic carbocycles. The fourth-order valence-electron chi connectivity index (χ4n) is 2.94. The number of hydrogen-bond acceptors (Lipinski definition) is 5. The van der Waals surface area contributed by atoms with Crippen molar-refractivity contribution in [2.75, 3.05) is 5.73 Å². The fraction of sp³-hybridized carbons (Fsp3) is 0.0455. The first-order valence-corrected chi connectivity index (χ1v) is 9.72. The third kappa shape index (κ3) is 3.61. The van der Waals surface area contributed by atoms with Gasteiger partial charge in [0.1, 0.15) is 0 Å². The first-order valence-electron chi connectivity index (χ1n) is 8.74. The summed E-state index contributed by atoms with van der Waals surface area (Å²) < 4.78 is 2.02. The number of benzene rings is 3. The molecule has 0 atom stereocenters. The minimum atomic E-state index is 0.631. The van der Waals surface area contributed by atoms with Crippen LogP contribution in [0.5, 0.6) is 0 Å². The van der Waals surface area contributed by atoms with Crippen LogP contribution in [0, 0.1) is 11.3 Å². The molecule has 1 heterocycles. The lowest BCUT2D eigenvalue weighted by molar-refractivity contribution is 0.886. The van der Waals surface area contributed by atoms with E-state index in [-0.39, 0.29) is 0 Å². The van der Waals surface area contributed by atoms with E-state index in [9.17, 15) is 5.26 Å². The van der Waals surface area contributed by atoms with Crippen molar-refractivity contribution in [1.82, 2.24) is 14.8 Å². The summed E-state index contributed by atoms with van der Waals surface area (Å²) in [7, 11) is 0. The lowest BCUT2D eigenvalue weighted by atomic mass is 10.1. The van der Waals surface area contributed by atoms with Gasteiger partial charge in [0.15, 0.2) is 11.0 Å². The third-order valence-corrected chi connectivity index (χ3v) is 5.26. The molecule has 5 nitrogen and oxygen atoms in total. The van der Waals surface area contributed by atoms with E-state index in [4.69, 9.17) is 5.73 Å². The molecule has 0 spiro atoms. The van der Waals surface area contributed by atoms with E-state index >= 15 is 0 Å². The quantitative estimate of drug-likeness (QED) is 0.400. The van der Waals surface area contributed by atoms with Gasteiger partial charge in [-0.25, -0.2) is 0 Å². The number of hydrogen-bond donors (Lipinski definition) is 1. The van der Waals surface area contributed by atoms with Gasteiger partial charge in [-0.3, -0.25) is 4.57 Å². The molecular formula is C22H17N5S. The Morgan fingerprint density at radius 2 is 1.71 bits per heavy atom. The summed E-state index contributed by atoms with van der Waals surface area (Å²) in [5, 5.41) is 18.9. The molecule has 4 aromatic rings. The zero-order valence-corrected chi connectivity index (χ0v) is 15.8. The molecule has 0 saturated carbocycles. The van der Waals surface area contributed by atoms with Crippen LogP contribution in [0.4, 0.5) is 5.69 Å². The topological polar surface area (TPSA) is 80.5 Å². The van der Waals surface area contributed by atoms with Crippen LogP contribution in [0.15, 0.2) is 84.0 Å². The van der Waals surface area contributed by atoms with Crippen LogP contribution in [-0.4, -0.2) is 14.8 Å². The zero-order chi connectivity index (χ0) is 19.3. The molecule has 0 unspecified atom stereocenters. The average Bonchev–Trinajstić information content (AvgIpc) is 3.17. The molecule has 0 fully saturated rings. The van der Waals surface area contributed by atoms with E-state index in [1.807, 2.05) is 83.4 Å². The average molecular weight is 383 g/mol. The Labute approximate surface area is 167 Å². The molecule has 2 N–H and O–H groups in total. The number of nitriles is 1. The Bertz CT molecular complexity index is 1150. The minimum absolute atomic E-state index is 0.631. The molecule has 0 radical (unpaired) electrons. The first-order chi connectivity index (χ1) is 13.8. The smallest absolute Gasteiger partial charge is 0.196 e. The number of para-hydroxylation sites is 1. The second-order valence-electron chi connectivity index (χ2n) is 6.16. The van der Waals surface area contributed by atoms with Crippen molar-refractivity contribution in [2.45, 2.75) is 10.9 Å². The van der Waals surface area contributed by atoms with Crippen molar-refractivity contribution in [1.29, 1.82) is 5.26 Å². The first kappa shape index (κ1) is 17.8. The SMILES string of the molecule is N#Cc1ccccc1CSc1nnc(-c2cccc(N)c2)n1-c1ccccc1. The summed E-state index contributed by atoms with van der Waals surface area (Å²) in [6.07, 6.45) is 0. The zero-order valence-electron chi connectivity index (χ0n) is 15.0. The molecule has 1 aromatic heterocycles. The molecule has 28 heavy (non-hydrogen) atoms. The van der Waals surface area contributed by atoms with Crippen molar-refractivity contribution in [3.8, 4) is 23.1 Å². The monoisotopic (exact) mass is 383 g/mol. The highest BCUT2D eigenvalue weighted by Gasteiger charge is 2.16. The number of nitrogen functional groups attached to an aromatic ring is 1. The molecule has 136 valence electrons. The van der Waals surface area contributed by atoms with Gasteiger partial charge in [0.2, 0.25) is 0 Å². The van der Waals surface area contributed by atoms with Gasteiger partial charge in [-0.1, -0.05) is 60.3 Å². The number of rotatable bonds is 5. The predicted molar refractivity (Wildman–Crippen MR) is 112 cm³/mol. The van der Waals surface area contributed by atoms with E-state index < -0.39 is 0 Å². The van der Waals surface area contributed by atoms with Crippen LogP contribution in [0.1, 0.15) is 11.1 Å². The van der Waals surface area contributed by atoms with Gasteiger partial charge < -0.3 is 5.73 Å². The van der Waals surface area contributed by atoms with Crippen molar-refractivity contribution in [2.24, 2.45) is 0 Å². The van der Waals surface area contributed by atoms with Crippen LogP contribution < -0.4 is 5.73 Å². The summed E-state index contributed by atoms with van der Waals surface area (Å²) >= 11 is 1.55. The van der Waals surface area contributed by atoms with Crippen LogP contribution >= 0.6 is 11.8 Å². The highest BCUT2D eigenvalue weighted by Crippen LogP contribution is 2.30. The molecule has 4 rings (SSSR count). The molecule has 0 aliphatic rings. The van der Waals surface area contributed by atoms with Crippen LogP contribution in [-0.2, 0) is 5.75 Å². The van der Waals surface area contributed by atoms with Gasteiger partial charge in [0.05, 0.1) is 11.6 Å². The largest absolute Gasteiger partial charge is 0.399 e. The maximum absolute atomic E-state index is 9.32. The maximum Gasteiger partial charge on any atom is 0.196 e. The van der Waals surface area contributed by atoms with Gasteiger partial charge in [0.25, 0.3) is 0 Å². The van der Waals surface area contributed by atoms with Crippen molar-refractivity contribution >= 4 is 17.4 Å². The Hall–Kier alpha value is -3.56. The van der Waals surface area contributed by atoms with Gasteiger partial charge in [-0.05, 0) is 35.9 Å². The number of anilines is 1. The van der Waals surface area contributed by atoms with Gasteiger partial charge in [-0.2, -0.15) is 5.26 Å². The van der Waals surface area contributed by atoms with Crippen molar-refractivity contribution in [3.05, 3.63) is 90.0 Å². The predicted octanol–water partition coefficient (Wildman–Crippen LogP) is 4.68. The minimum Gasteiger partial charge on any atom is -0.399 e. The standard InChI is InChI=1S/C22H17N5S/c23-14-17-7-4-5-8-18(17)15-28-22-26-25-21(16-9-6-10-19(24)13-16)27(22)20-11-2-1-3-12-20/h1-13H,15,24H2. The Morgan fingerprint density at radius 3 is 2.50 bits per heavy atom. The van der Waals surface area contributed by atoms with Crippen LogP contribution in [0.25, 0.3) is 17.1 Å². The Morgan fingerprint density at radius 1 is 0.929 bits per heavy atom. The van der Waals surface area contributed by atoms with E-state index in [1.165, 1.54) is 0 Å². The highest BCUT2D eigenvalue weighted by molar-refractivity contribution is 7.98. The number of thioether (sulfide) groups is 1. The summed E-state index contributed by atoms with van der Waals surface area (Å²) in [6.45, 7) is 0. The van der Waals surface area contributed by atoms with E-state index in [2.05, 4.69) is 16.3 Å². The molecule has 0 bridgehead atoms. The summed E-state index contributed by atoms with van der Waals surface area (Å²) in [5.41, 5.74) is 10.2. The molecular weight excluding hydrogens is 366 g/mol. The molecule has 0 saturated heterocycles. The lowest BCUT2D eigenvalue weighted by Crippen LogP contribution is -2.00. The van der Waals surface area contributed by atoms with Gasteiger partial charge in [-0.15, -0.1) is 10.2 Å². The summed E-state index contributed by atoms with van der Waals surface area (Å²) in [4.78, 5) is 0. The summed E-state index contributed by atoms with van der Waals surface area (Å²) in [6, 6.07) is 27.5. The number of aromatic nitrogens is 3. The van der Waals surface area contributed by atoms with E-state index in [0.717, 1.165) is 27.8 Å². The maximum atomic E-state index is 9.32. The van der Waals surface area contributed by atoms with Crippen molar-refractivity contribution in [3.63, 3.8) is 0 Å². The molecule has 3 aromatic carbocycles. The van der Waals surface area contributed by atoms with Crippen LogP contribution in [0.3, 0.4) is 0 Å². The Balaban J connectivity index is 1.75. The Kier molecular flexibility index (Phi) is 5.09. The van der Waals surface area contributed by atoms with E-state index in [1.54, 1.807) is 11.8 Å². The van der Waals surface area contributed by atoms with Gasteiger partial charge in [0, 0.05) is 22.7 Å². The summed E-state index contributed by atoms with van der Waals surface area (Å²) in [5.74, 6) is 1.36. The highest BCUT2D eigenvalue weighted by atomic mass is 32.2. The second-order valence-corrected chi connectivity index (χ2v) is 7.10. The number of nitrogens with two attached hydrogens (primary N) is 1. The number of nitrogens with zero attached hydrogens (tertiary/aromatic N) is 4. The normalized spacial score (nSPS) is 10.5. The van der Waals surface area contributed by atoms with Gasteiger partial charge >= 0.3 is 0 Å². The second kappa shape index (κ2) is 7.99. The lowest BCUT2D eigenvalue weighted by Gasteiger charge is -2.11. The van der Waals surface area contributed by atoms with Crippen LogP contribution in [0.2, 0.25) is 0 Å². The van der Waals surface area contributed by atoms with E-state index in [0.29, 0.717) is 17.0 Å². The van der Waals surface area contributed by atoms with Crippen molar-refractivity contribution < 1.29 is 0 Å².